The standard InChI is InChI=1S/C19H14Cl2N2O3/c20-14-5-3-4-13(10-14)17-9-8-15(26-17)11-22-23-19(24)12-25-18-7-2-1-6-16(18)21/h1-11H,12H2,(H,23,24). The Labute approximate surface area is 160 Å². The van der Waals surface area contributed by atoms with E-state index in [2.05, 4.69) is 10.5 Å². The van der Waals surface area contributed by atoms with Crippen LogP contribution in [0.5, 0.6) is 5.75 Å². The fraction of sp³-hybridized carbons (Fsp3) is 0.0526. The number of carbonyl (C=O) groups excluding carboxylic acids is 1. The second kappa shape index (κ2) is 8.56. The van der Waals surface area contributed by atoms with Crippen molar-refractivity contribution in [2.45, 2.75) is 0 Å². The van der Waals surface area contributed by atoms with Crippen LogP contribution in [-0.2, 0) is 4.79 Å². The van der Waals surface area contributed by atoms with Gasteiger partial charge in [-0.25, -0.2) is 5.43 Å². The molecule has 0 aliphatic rings. The predicted octanol–water partition coefficient (Wildman–Crippen LogP) is 4.78. The predicted molar refractivity (Wildman–Crippen MR) is 102 cm³/mol. The van der Waals surface area contributed by atoms with Gasteiger partial charge in [-0.3, -0.25) is 4.79 Å². The van der Waals surface area contributed by atoms with E-state index >= 15 is 0 Å². The van der Waals surface area contributed by atoms with Crippen molar-refractivity contribution in [2.24, 2.45) is 5.10 Å². The number of hydrogen-bond donors (Lipinski definition) is 1. The largest absolute Gasteiger partial charge is 0.482 e. The second-order valence-electron chi connectivity index (χ2n) is 5.22. The summed E-state index contributed by atoms with van der Waals surface area (Å²) in [5.41, 5.74) is 3.22. The van der Waals surface area contributed by atoms with Crippen molar-refractivity contribution in [3.63, 3.8) is 0 Å². The summed E-state index contributed by atoms with van der Waals surface area (Å²) < 4.78 is 11.0. The number of ether oxygens (including phenoxy) is 1. The summed E-state index contributed by atoms with van der Waals surface area (Å²) in [7, 11) is 0. The number of para-hydroxylation sites is 1. The van der Waals surface area contributed by atoms with E-state index in [1.54, 1.807) is 48.5 Å². The topological polar surface area (TPSA) is 63.8 Å². The van der Waals surface area contributed by atoms with Crippen LogP contribution in [0.3, 0.4) is 0 Å². The van der Waals surface area contributed by atoms with Gasteiger partial charge in [-0.05, 0) is 36.4 Å². The Morgan fingerprint density at radius 3 is 2.77 bits per heavy atom. The maximum atomic E-state index is 11.7. The minimum Gasteiger partial charge on any atom is -0.482 e. The Morgan fingerprint density at radius 1 is 1.12 bits per heavy atom. The Hall–Kier alpha value is -2.76. The van der Waals surface area contributed by atoms with Crippen LogP contribution in [0, 0.1) is 0 Å². The van der Waals surface area contributed by atoms with Gasteiger partial charge in [0.25, 0.3) is 5.91 Å². The van der Waals surface area contributed by atoms with Gasteiger partial charge in [0, 0.05) is 10.6 Å². The number of benzene rings is 2. The van der Waals surface area contributed by atoms with Gasteiger partial charge in [-0.1, -0.05) is 47.5 Å². The molecule has 1 heterocycles. The maximum absolute atomic E-state index is 11.7. The SMILES string of the molecule is O=C(COc1ccccc1Cl)NN=Cc1ccc(-c2cccc(Cl)c2)o1. The molecule has 132 valence electrons. The van der Waals surface area contributed by atoms with E-state index in [-0.39, 0.29) is 6.61 Å². The van der Waals surface area contributed by atoms with Crippen molar-refractivity contribution in [3.05, 3.63) is 76.5 Å². The van der Waals surface area contributed by atoms with Gasteiger partial charge in [-0.2, -0.15) is 5.10 Å². The number of furan rings is 1. The molecule has 1 aromatic heterocycles. The number of halogens is 2. The smallest absolute Gasteiger partial charge is 0.277 e. The summed E-state index contributed by atoms with van der Waals surface area (Å²) >= 11 is 11.9. The van der Waals surface area contributed by atoms with Gasteiger partial charge in [0.05, 0.1) is 11.2 Å². The molecule has 0 fully saturated rings. The lowest BCUT2D eigenvalue weighted by Gasteiger charge is -2.06. The number of nitrogens with zero attached hydrogens (tertiary/aromatic N) is 1. The molecule has 0 aliphatic heterocycles. The molecule has 3 aromatic rings. The van der Waals surface area contributed by atoms with Gasteiger partial charge in [-0.15, -0.1) is 0 Å². The highest BCUT2D eigenvalue weighted by molar-refractivity contribution is 6.32. The molecule has 7 heteroatoms. The van der Waals surface area contributed by atoms with Crippen LogP contribution >= 0.6 is 23.2 Å². The van der Waals surface area contributed by atoms with E-state index in [9.17, 15) is 4.79 Å². The fourth-order valence-corrected chi connectivity index (χ4v) is 2.50. The van der Waals surface area contributed by atoms with Crippen molar-refractivity contribution < 1.29 is 13.9 Å². The third kappa shape index (κ3) is 4.88. The summed E-state index contributed by atoms with van der Waals surface area (Å²) in [5, 5.41) is 4.91. The summed E-state index contributed by atoms with van der Waals surface area (Å²) in [6.45, 7) is -0.201. The zero-order valence-corrected chi connectivity index (χ0v) is 15.0. The number of hydrogen-bond acceptors (Lipinski definition) is 4. The normalized spacial score (nSPS) is 10.8. The molecule has 0 saturated carbocycles. The third-order valence-electron chi connectivity index (χ3n) is 3.31. The molecule has 0 aliphatic carbocycles. The summed E-state index contributed by atoms with van der Waals surface area (Å²) in [4.78, 5) is 11.7. The van der Waals surface area contributed by atoms with Crippen molar-refractivity contribution >= 4 is 35.3 Å². The van der Waals surface area contributed by atoms with Gasteiger partial charge in [0.15, 0.2) is 6.61 Å². The monoisotopic (exact) mass is 388 g/mol. The molecule has 5 nitrogen and oxygen atoms in total. The quantitative estimate of drug-likeness (QED) is 0.487. The molecule has 0 atom stereocenters. The molecule has 0 radical (unpaired) electrons. The molecule has 0 bridgehead atoms. The first-order valence-electron chi connectivity index (χ1n) is 7.67. The van der Waals surface area contributed by atoms with Crippen LogP contribution < -0.4 is 10.2 Å². The molecule has 1 amide bonds. The Morgan fingerprint density at radius 2 is 1.96 bits per heavy atom. The molecular formula is C19H14Cl2N2O3. The molecule has 0 unspecified atom stereocenters. The van der Waals surface area contributed by atoms with Crippen LogP contribution in [0.4, 0.5) is 0 Å². The van der Waals surface area contributed by atoms with E-state index in [1.165, 1.54) is 6.21 Å². The lowest BCUT2D eigenvalue weighted by molar-refractivity contribution is -0.123. The molecule has 0 spiro atoms. The molecule has 1 N–H and O–H groups in total. The van der Waals surface area contributed by atoms with Crippen LogP contribution in [0.25, 0.3) is 11.3 Å². The van der Waals surface area contributed by atoms with E-state index in [4.69, 9.17) is 32.4 Å². The van der Waals surface area contributed by atoms with Gasteiger partial charge in [0.1, 0.15) is 17.3 Å². The minimum atomic E-state index is -0.414. The average molecular weight is 389 g/mol. The summed E-state index contributed by atoms with van der Waals surface area (Å²) in [6.07, 6.45) is 1.40. The lowest BCUT2D eigenvalue weighted by atomic mass is 10.2. The van der Waals surface area contributed by atoms with E-state index in [1.807, 2.05) is 12.1 Å². The van der Waals surface area contributed by atoms with Gasteiger partial charge < -0.3 is 9.15 Å². The molecule has 0 saturated heterocycles. The first-order valence-corrected chi connectivity index (χ1v) is 8.42. The summed E-state index contributed by atoms with van der Waals surface area (Å²) in [5.74, 6) is 1.17. The van der Waals surface area contributed by atoms with Crippen molar-refractivity contribution in [2.75, 3.05) is 6.61 Å². The first-order chi connectivity index (χ1) is 12.6. The third-order valence-corrected chi connectivity index (χ3v) is 3.86. The summed E-state index contributed by atoms with van der Waals surface area (Å²) in [6, 6.07) is 17.8. The molecule has 3 rings (SSSR count). The van der Waals surface area contributed by atoms with E-state index < -0.39 is 5.91 Å². The van der Waals surface area contributed by atoms with Crippen LogP contribution in [0.15, 0.2) is 70.2 Å². The van der Waals surface area contributed by atoms with E-state index in [0.717, 1.165) is 5.56 Å². The molecule has 2 aromatic carbocycles. The number of nitrogens with one attached hydrogen (secondary N) is 1. The number of amides is 1. The number of rotatable bonds is 6. The second-order valence-corrected chi connectivity index (χ2v) is 6.07. The van der Waals surface area contributed by atoms with Crippen molar-refractivity contribution in [1.29, 1.82) is 0 Å². The maximum Gasteiger partial charge on any atom is 0.277 e. The van der Waals surface area contributed by atoms with Gasteiger partial charge in [0.2, 0.25) is 0 Å². The zero-order chi connectivity index (χ0) is 18.4. The Bertz CT molecular complexity index is 938. The number of hydrazone groups is 1. The highest BCUT2D eigenvalue weighted by Gasteiger charge is 2.06. The minimum absolute atomic E-state index is 0.201. The van der Waals surface area contributed by atoms with Crippen LogP contribution in [0.1, 0.15) is 5.76 Å². The lowest BCUT2D eigenvalue weighted by Crippen LogP contribution is -2.24. The Balaban J connectivity index is 1.52. The first kappa shape index (κ1) is 18.0. The average Bonchev–Trinajstić information content (AvgIpc) is 3.10. The molecular weight excluding hydrogens is 375 g/mol. The fourth-order valence-electron chi connectivity index (χ4n) is 2.12. The molecule has 26 heavy (non-hydrogen) atoms. The van der Waals surface area contributed by atoms with Crippen molar-refractivity contribution in [3.8, 4) is 17.1 Å². The van der Waals surface area contributed by atoms with Crippen LogP contribution in [-0.4, -0.2) is 18.7 Å². The van der Waals surface area contributed by atoms with E-state index in [0.29, 0.717) is 27.3 Å². The Kier molecular flexibility index (Phi) is 5.94. The van der Waals surface area contributed by atoms with Gasteiger partial charge >= 0.3 is 0 Å². The zero-order valence-electron chi connectivity index (χ0n) is 13.5. The van der Waals surface area contributed by atoms with Crippen LogP contribution in [0.2, 0.25) is 10.0 Å². The number of carbonyl (C=O) groups is 1. The van der Waals surface area contributed by atoms with Crippen molar-refractivity contribution in [1.82, 2.24) is 5.43 Å². The highest BCUT2D eigenvalue weighted by atomic mass is 35.5. The highest BCUT2D eigenvalue weighted by Crippen LogP contribution is 2.24.